The van der Waals surface area contributed by atoms with E-state index in [0.717, 1.165) is 27.9 Å². The SMILES string of the molecule is COC(=O)C(C)Oc1c(C)cc(Br)cc1CNC1CC1. The van der Waals surface area contributed by atoms with Gasteiger partial charge in [-0.25, -0.2) is 4.79 Å². The number of halogens is 1. The minimum atomic E-state index is -0.612. The second kappa shape index (κ2) is 6.59. The first-order valence-electron chi connectivity index (χ1n) is 6.78. The van der Waals surface area contributed by atoms with E-state index in [2.05, 4.69) is 21.2 Å². The van der Waals surface area contributed by atoms with Crippen LogP contribution in [0.5, 0.6) is 5.75 Å². The average Bonchev–Trinajstić information content (AvgIpc) is 3.22. The van der Waals surface area contributed by atoms with Crippen LogP contribution in [-0.2, 0) is 16.1 Å². The van der Waals surface area contributed by atoms with Gasteiger partial charge in [-0.05, 0) is 44.4 Å². The van der Waals surface area contributed by atoms with Crippen molar-refractivity contribution < 1.29 is 14.3 Å². The molecule has 0 spiro atoms. The molecule has 0 aromatic heterocycles. The summed E-state index contributed by atoms with van der Waals surface area (Å²) in [5.41, 5.74) is 2.06. The summed E-state index contributed by atoms with van der Waals surface area (Å²) in [6, 6.07) is 4.64. The zero-order valence-corrected chi connectivity index (χ0v) is 13.6. The van der Waals surface area contributed by atoms with Gasteiger partial charge in [-0.1, -0.05) is 15.9 Å². The van der Waals surface area contributed by atoms with Crippen molar-refractivity contribution in [2.24, 2.45) is 0 Å². The van der Waals surface area contributed by atoms with Gasteiger partial charge in [0.1, 0.15) is 5.75 Å². The molecule has 1 aromatic carbocycles. The third-order valence-corrected chi connectivity index (χ3v) is 3.76. The monoisotopic (exact) mass is 341 g/mol. The quantitative estimate of drug-likeness (QED) is 0.808. The Balaban J connectivity index is 2.17. The molecule has 1 aliphatic carbocycles. The molecule has 4 nitrogen and oxygen atoms in total. The first-order chi connectivity index (χ1) is 9.51. The largest absolute Gasteiger partial charge is 0.478 e. The van der Waals surface area contributed by atoms with Gasteiger partial charge in [0.2, 0.25) is 0 Å². The van der Waals surface area contributed by atoms with Crippen molar-refractivity contribution in [2.75, 3.05) is 7.11 Å². The van der Waals surface area contributed by atoms with Crippen LogP contribution in [0.2, 0.25) is 0 Å². The van der Waals surface area contributed by atoms with Crippen molar-refractivity contribution in [3.8, 4) is 5.75 Å². The first kappa shape index (κ1) is 15.3. The van der Waals surface area contributed by atoms with E-state index < -0.39 is 6.10 Å². The summed E-state index contributed by atoms with van der Waals surface area (Å²) in [7, 11) is 1.37. The number of carbonyl (C=O) groups excluding carboxylic acids is 1. The lowest BCUT2D eigenvalue weighted by molar-refractivity contribution is -0.147. The van der Waals surface area contributed by atoms with Crippen LogP contribution in [0.25, 0.3) is 0 Å². The summed E-state index contributed by atoms with van der Waals surface area (Å²) in [5.74, 6) is 0.396. The summed E-state index contributed by atoms with van der Waals surface area (Å²) in [6.45, 7) is 4.42. The lowest BCUT2D eigenvalue weighted by Gasteiger charge is -2.18. The lowest BCUT2D eigenvalue weighted by atomic mass is 10.1. The number of carbonyl (C=O) groups is 1. The van der Waals surface area contributed by atoms with E-state index in [1.54, 1.807) is 6.92 Å². The Morgan fingerprint density at radius 1 is 1.50 bits per heavy atom. The van der Waals surface area contributed by atoms with Crippen LogP contribution < -0.4 is 10.1 Å². The van der Waals surface area contributed by atoms with Crippen LogP contribution in [0.15, 0.2) is 16.6 Å². The molecule has 0 radical (unpaired) electrons. The molecule has 0 heterocycles. The fourth-order valence-electron chi connectivity index (χ4n) is 2.03. The molecule has 0 saturated heterocycles. The molecular weight excluding hydrogens is 322 g/mol. The van der Waals surface area contributed by atoms with Crippen molar-refractivity contribution in [3.05, 3.63) is 27.7 Å². The summed E-state index contributed by atoms with van der Waals surface area (Å²) >= 11 is 3.50. The zero-order chi connectivity index (χ0) is 14.7. The van der Waals surface area contributed by atoms with Gasteiger partial charge in [0.05, 0.1) is 7.11 Å². The highest BCUT2D eigenvalue weighted by Crippen LogP contribution is 2.30. The number of hydrogen-bond donors (Lipinski definition) is 1. The zero-order valence-electron chi connectivity index (χ0n) is 12.0. The van der Waals surface area contributed by atoms with Gasteiger partial charge in [0.25, 0.3) is 0 Å². The van der Waals surface area contributed by atoms with E-state index in [1.807, 2.05) is 19.1 Å². The standard InChI is InChI=1S/C15H20BrNO3/c1-9-6-12(16)7-11(8-17-13-4-5-13)14(9)20-10(2)15(18)19-3/h6-7,10,13,17H,4-5,8H2,1-3H3. The summed E-state index contributed by atoms with van der Waals surface area (Å²) in [5, 5.41) is 3.47. The first-order valence-corrected chi connectivity index (χ1v) is 7.57. The van der Waals surface area contributed by atoms with E-state index in [-0.39, 0.29) is 5.97 Å². The third kappa shape index (κ3) is 3.96. The number of benzene rings is 1. The molecular formula is C15H20BrNO3. The summed E-state index contributed by atoms with van der Waals surface area (Å²) < 4.78 is 11.5. The van der Waals surface area contributed by atoms with Crippen LogP contribution in [0.3, 0.4) is 0 Å². The van der Waals surface area contributed by atoms with E-state index in [1.165, 1.54) is 20.0 Å². The normalized spacial score (nSPS) is 15.8. The fraction of sp³-hybridized carbons (Fsp3) is 0.533. The fourth-order valence-corrected chi connectivity index (χ4v) is 2.65. The Hall–Kier alpha value is -1.07. The van der Waals surface area contributed by atoms with E-state index in [0.29, 0.717) is 6.04 Å². The molecule has 1 saturated carbocycles. The number of rotatable bonds is 6. The third-order valence-electron chi connectivity index (χ3n) is 3.30. The number of hydrogen-bond acceptors (Lipinski definition) is 4. The summed E-state index contributed by atoms with van der Waals surface area (Å²) in [4.78, 5) is 11.5. The maximum Gasteiger partial charge on any atom is 0.346 e. The molecule has 2 rings (SSSR count). The molecule has 1 fully saturated rings. The maximum atomic E-state index is 11.5. The molecule has 1 N–H and O–H groups in total. The predicted molar refractivity (Wildman–Crippen MR) is 80.8 cm³/mol. The van der Waals surface area contributed by atoms with E-state index >= 15 is 0 Å². The Labute approximate surface area is 128 Å². The lowest BCUT2D eigenvalue weighted by Crippen LogP contribution is -2.26. The molecule has 1 aromatic rings. The van der Waals surface area contributed by atoms with Gasteiger partial charge in [-0.2, -0.15) is 0 Å². The molecule has 5 heteroatoms. The van der Waals surface area contributed by atoms with Crippen molar-refractivity contribution >= 4 is 21.9 Å². The number of aryl methyl sites for hydroxylation is 1. The summed E-state index contributed by atoms with van der Waals surface area (Å²) in [6.07, 6.45) is 1.86. The van der Waals surface area contributed by atoms with E-state index in [4.69, 9.17) is 9.47 Å². The van der Waals surface area contributed by atoms with Crippen molar-refractivity contribution in [1.29, 1.82) is 0 Å². The second-order valence-corrected chi connectivity index (χ2v) is 6.07. The molecule has 0 aliphatic heterocycles. The molecule has 1 atom stereocenters. The number of ether oxygens (including phenoxy) is 2. The van der Waals surface area contributed by atoms with Crippen LogP contribution in [-0.4, -0.2) is 25.2 Å². The topological polar surface area (TPSA) is 47.6 Å². The Kier molecular flexibility index (Phi) is 5.05. The van der Waals surface area contributed by atoms with Crippen LogP contribution in [0, 0.1) is 6.92 Å². The van der Waals surface area contributed by atoms with Gasteiger partial charge in [-0.3, -0.25) is 0 Å². The van der Waals surface area contributed by atoms with Crippen LogP contribution in [0.1, 0.15) is 30.9 Å². The van der Waals surface area contributed by atoms with Crippen molar-refractivity contribution in [3.63, 3.8) is 0 Å². The minimum absolute atomic E-state index is 0.367. The van der Waals surface area contributed by atoms with Crippen LogP contribution >= 0.6 is 15.9 Å². The molecule has 0 bridgehead atoms. The number of nitrogens with one attached hydrogen (secondary N) is 1. The number of esters is 1. The van der Waals surface area contributed by atoms with Crippen LogP contribution in [0.4, 0.5) is 0 Å². The Morgan fingerprint density at radius 3 is 2.80 bits per heavy atom. The Bertz CT molecular complexity index is 500. The van der Waals surface area contributed by atoms with E-state index in [9.17, 15) is 4.79 Å². The van der Waals surface area contributed by atoms with Gasteiger partial charge < -0.3 is 14.8 Å². The minimum Gasteiger partial charge on any atom is -0.478 e. The van der Waals surface area contributed by atoms with Crippen molar-refractivity contribution in [1.82, 2.24) is 5.32 Å². The molecule has 1 unspecified atom stereocenters. The Morgan fingerprint density at radius 2 is 2.20 bits per heavy atom. The highest BCUT2D eigenvalue weighted by Gasteiger charge is 2.22. The molecule has 1 aliphatic rings. The van der Waals surface area contributed by atoms with Crippen molar-refractivity contribution in [2.45, 2.75) is 45.4 Å². The maximum absolute atomic E-state index is 11.5. The molecule has 110 valence electrons. The highest BCUT2D eigenvalue weighted by atomic mass is 79.9. The van der Waals surface area contributed by atoms with Gasteiger partial charge in [0, 0.05) is 22.6 Å². The van der Waals surface area contributed by atoms with Gasteiger partial charge in [-0.15, -0.1) is 0 Å². The average molecular weight is 342 g/mol. The molecule has 0 amide bonds. The second-order valence-electron chi connectivity index (χ2n) is 5.15. The molecule has 20 heavy (non-hydrogen) atoms. The smallest absolute Gasteiger partial charge is 0.346 e. The van der Waals surface area contributed by atoms with Gasteiger partial charge >= 0.3 is 5.97 Å². The predicted octanol–water partition coefficient (Wildman–Crippen LogP) is 2.95. The number of methoxy groups -OCH3 is 1. The highest BCUT2D eigenvalue weighted by molar-refractivity contribution is 9.10. The van der Waals surface area contributed by atoms with Gasteiger partial charge in [0.15, 0.2) is 6.10 Å².